The van der Waals surface area contributed by atoms with Crippen LogP contribution in [0.1, 0.15) is 1.43 Å². The standard InChI is InChI=1S/Al.Cs.H2O4S.H2O.4H/c;;1-5(2,3)4;;;;;/h;;(H2,1,2,3,4);1H2;;;;/q;+1;;;;;;-1. The Hall–Kier alpha value is 2.41. The van der Waals surface area contributed by atoms with Crippen LogP contribution in [0.2, 0.25) is 0 Å². The van der Waals surface area contributed by atoms with Gasteiger partial charge in [-0.25, -0.2) is 0 Å². The van der Waals surface area contributed by atoms with Crippen LogP contribution in [-0.2, 0) is 10.4 Å². The summed E-state index contributed by atoms with van der Waals surface area (Å²) in [7, 11) is -4.67. The van der Waals surface area contributed by atoms with Crippen molar-refractivity contribution in [1.29, 1.82) is 0 Å². The molecule has 0 amide bonds. The van der Waals surface area contributed by atoms with Gasteiger partial charge in [0, 0.05) is 0 Å². The first-order chi connectivity index (χ1) is 2.00. The van der Waals surface area contributed by atoms with E-state index in [0.29, 0.717) is 0 Å². The van der Waals surface area contributed by atoms with Crippen LogP contribution in [0.4, 0.5) is 0 Å². The van der Waals surface area contributed by atoms with Gasteiger partial charge in [-0.2, -0.15) is 8.42 Å². The zero-order valence-corrected chi connectivity index (χ0v) is 10.7. The zero-order chi connectivity index (χ0) is 4.50. The molecule has 0 heterocycles. The predicted molar refractivity (Wildman–Crippen MR) is 28.8 cm³/mol. The first-order valence-electron chi connectivity index (χ1n) is 0.698. The molecule has 0 saturated heterocycles. The number of hydrogen-bond donors (Lipinski definition) is 2. The van der Waals surface area contributed by atoms with E-state index in [9.17, 15) is 0 Å². The Labute approximate surface area is 118 Å². The molecule has 0 bridgehead atoms. The van der Waals surface area contributed by atoms with Crippen LogP contribution in [-0.4, -0.2) is 40.4 Å². The Morgan fingerprint density at radius 3 is 1.25 bits per heavy atom. The predicted octanol–water partition coefficient (Wildman–Crippen LogP) is -5.54. The molecule has 0 radical (unpaired) electrons. The molecule has 8 heteroatoms. The van der Waals surface area contributed by atoms with Crippen LogP contribution >= 0.6 is 0 Å². The molecule has 0 atom stereocenters. The minimum absolute atomic E-state index is 0. The Morgan fingerprint density at radius 1 is 1.25 bits per heavy atom. The molecule has 4 N–H and O–H groups in total. The van der Waals surface area contributed by atoms with Crippen molar-refractivity contribution in [2.45, 2.75) is 0 Å². The Kier molecular flexibility index (Phi) is 26.4. The summed E-state index contributed by atoms with van der Waals surface area (Å²) in [4.78, 5) is 0. The minimum atomic E-state index is -4.67. The van der Waals surface area contributed by atoms with Gasteiger partial charge in [-0.1, -0.05) is 0 Å². The van der Waals surface area contributed by atoms with Gasteiger partial charge in [0.05, 0.1) is 0 Å². The molecule has 5 nitrogen and oxygen atoms in total. The Balaban J connectivity index is -0.0000000133. The maximum atomic E-state index is 8.74. The first-order valence-corrected chi connectivity index (χ1v) is 2.10. The molecule has 0 aliphatic carbocycles. The van der Waals surface area contributed by atoms with Crippen molar-refractivity contribution in [3.8, 4) is 0 Å². The van der Waals surface area contributed by atoms with Gasteiger partial charge in [0.1, 0.15) is 0 Å². The summed E-state index contributed by atoms with van der Waals surface area (Å²) >= 11 is 0. The van der Waals surface area contributed by atoms with Gasteiger partial charge in [-0.15, -0.1) is 0 Å². The maximum Gasteiger partial charge on any atom is 1.00 e. The average molecular weight is 280 g/mol. The van der Waals surface area contributed by atoms with Crippen molar-refractivity contribution in [2.24, 2.45) is 0 Å². The summed E-state index contributed by atoms with van der Waals surface area (Å²) in [5.41, 5.74) is 0. The van der Waals surface area contributed by atoms with Gasteiger partial charge in [0.25, 0.3) is 0 Å². The summed E-state index contributed by atoms with van der Waals surface area (Å²) in [5, 5.41) is 0. The fraction of sp³-hybridized carbons (Fsp3) is 0. The van der Waals surface area contributed by atoms with Crippen molar-refractivity contribution in [2.75, 3.05) is 0 Å². The molecule has 0 spiro atoms. The number of rotatable bonds is 0. The van der Waals surface area contributed by atoms with Crippen LogP contribution < -0.4 is 68.9 Å². The quantitative estimate of drug-likeness (QED) is 0.341. The molecule has 0 aliphatic heterocycles. The van der Waals surface area contributed by atoms with Gasteiger partial charge in [0.2, 0.25) is 0 Å². The zero-order valence-electron chi connectivity index (χ0n) is 4.62. The first kappa shape index (κ1) is 22.4. The summed E-state index contributed by atoms with van der Waals surface area (Å²) in [6.07, 6.45) is 0. The fourth-order valence-corrected chi connectivity index (χ4v) is 0. The van der Waals surface area contributed by atoms with Crippen LogP contribution in [0.25, 0.3) is 0 Å². The van der Waals surface area contributed by atoms with Crippen LogP contribution in [0, 0.1) is 0 Å². The topological polar surface area (TPSA) is 106 Å². The molecular weight excluding hydrogens is 272 g/mol. The second-order valence-electron chi connectivity index (χ2n) is 0.448. The summed E-state index contributed by atoms with van der Waals surface area (Å²) < 4.78 is 31.6. The van der Waals surface area contributed by atoms with Gasteiger partial charge >= 0.3 is 79.3 Å². The monoisotopic (exact) mass is 280 g/mol. The molecule has 0 fully saturated rings. The molecule has 0 aromatic heterocycles. The van der Waals surface area contributed by atoms with Crippen LogP contribution in [0.3, 0.4) is 0 Å². The average Bonchev–Trinajstić information content (AvgIpc) is 0.722. The third-order valence-electron chi connectivity index (χ3n) is 0. The third kappa shape index (κ3) is 79.4. The molecule has 8 heavy (non-hydrogen) atoms. The van der Waals surface area contributed by atoms with Crippen molar-refractivity contribution in [3.63, 3.8) is 0 Å². The maximum absolute atomic E-state index is 8.74. The van der Waals surface area contributed by atoms with E-state index in [1.54, 1.807) is 0 Å². The van der Waals surface area contributed by atoms with Gasteiger partial charge in [-0.3, -0.25) is 9.11 Å². The van der Waals surface area contributed by atoms with E-state index >= 15 is 0 Å². The summed E-state index contributed by atoms with van der Waals surface area (Å²) in [5.74, 6) is 0. The van der Waals surface area contributed by atoms with E-state index in [2.05, 4.69) is 0 Å². The van der Waals surface area contributed by atoms with E-state index in [0.717, 1.165) is 0 Å². The molecule has 0 saturated carbocycles. The van der Waals surface area contributed by atoms with Crippen LogP contribution in [0.15, 0.2) is 0 Å². The molecule has 0 rings (SSSR count). The van der Waals surface area contributed by atoms with Crippen LogP contribution in [0.5, 0.6) is 0 Å². The molecule has 0 unspecified atom stereocenters. The van der Waals surface area contributed by atoms with Gasteiger partial charge in [0.15, 0.2) is 17.4 Å². The third-order valence-corrected chi connectivity index (χ3v) is 0. The van der Waals surface area contributed by atoms with E-state index in [1.807, 2.05) is 0 Å². The minimum Gasteiger partial charge on any atom is -1.00 e. The number of hydrogen-bond acceptors (Lipinski definition) is 2. The second-order valence-corrected chi connectivity index (χ2v) is 1.34. The molecule has 0 aliphatic rings. The van der Waals surface area contributed by atoms with Gasteiger partial charge in [-0.05, 0) is 0 Å². The molecule has 0 aromatic rings. The normalized spacial score (nSPS) is 7.25. The van der Waals surface area contributed by atoms with E-state index < -0.39 is 10.4 Å². The largest absolute Gasteiger partial charge is 1.00 e. The second kappa shape index (κ2) is 9.41. The molecule has 0 aromatic carbocycles. The fourth-order valence-electron chi connectivity index (χ4n) is 0. The molecule has 48 valence electrons. The Morgan fingerprint density at radius 2 is 1.25 bits per heavy atom. The summed E-state index contributed by atoms with van der Waals surface area (Å²) in [6.45, 7) is 0. The van der Waals surface area contributed by atoms with Gasteiger partial charge < -0.3 is 6.90 Å². The van der Waals surface area contributed by atoms with Crippen molar-refractivity contribution in [3.05, 3.63) is 0 Å². The Bertz CT molecular complexity index is 100. The van der Waals surface area contributed by atoms with E-state index in [1.165, 1.54) is 0 Å². The summed E-state index contributed by atoms with van der Waals surface area (Å²) in [6, 6.07) is 0. The van der Waals surface area contributed by atoms with Crippen molar-refractivity contribution in [1.82, 2.24) is 0 Å². The molecular formula is H8AlCsO5S. The smallest absolute Gasteiger partial charge is 1.00 e. The van der Waals surface area contributed by atoms with E-state index in [-0.39, 0.29) is 93.2 Å². The van der Waals surface area contributed by atoms with Crippen molar-refractivity contribution < 1.29 is 93.3 Å². The van der Waals surface area contributed by atoms with E-state index in [4.69, 9.17) is 17.5 Å². The van der Waals surface area contributed by atoms with Crippen molar-refractivity contribution >= 4 is 27.8 Å². The SMILES string of the molecule is O.O=S(=O)(O)O.[AlH3].[Cs+].[H-].